The highest BCUT2D eigenvalue weighted by molar-refractivity contribution is 6.33. The highest BCUT2D eigenvalue weighted by Crippen LogP contribution is 2.43. The second kappa shape index (κ2) is 8.22. The summed E-state index contributed by atoms with van der Waals surface area (Å²) >= 11 is 6.48. The first-order chi connectivity index (χ1) is 15.4. The van der Waals surface area contributed by atoms with Crippen molar-refractivity contribution in [3.63, 3.8) is 0 Å². The third-order valence-corrected chi connectivity index (χ3v) is 6.49. The Balaban J connectivity index is 1.50. The third kappa shape index (κ3) is 3.76. The van der Waals surface area contributed by atoms with E-state index in [1.165, 1.54) is 23.3 Å². The van der Waals surface area contributed by atoms with Crippen LogP contribution in [0.5, 0.6) is 5.75 Å². The second-order valence-corrected chi connectivity index (χ2v) is 8.92. The minimum Gasteiger partial charge on any atom is -0.495 e. The molecule has 2 aliphatic heterocycles. The Morgan fingerprint density at radius 2 is 2.06 bits per heavy atom. The van der Waals surface area contributed by atoms with Gasteiger partial charge in [0.15, 0.2) is 5.82 Å². The molecule has 1 aromatic heterocycles. The molecule has 0 bridgehead atoms. The van der Waals surface area contributed by atoms with Gasteiger partial charge >= 0.3 is 0 Å². The molecule has 3 aromatic rings. The SMILES string of the molecule is COc1cc2c(cc1Nc1ncc(Cl)c(N3CC(C)c4ccc(F)cc43)n1)CN(C)CC2. The summed E-state index contributed by atoms with van der Waals surface area (Å²) in [6.07, 6.45) is 2.57. The van der Waals surface area contributed by atoms with Gasteiger partial charge in [0.05, 0.1) is 19.0 Å². The minimum absolute atomic E-state index is 0.241. The average molecular weight is 454 g/mol. The van der Waals surface area contributed by atoms with Crippen LogP contribution in [0.4, 0.5) is 27.5 Å². The van der Waals surface area contributed by atoms with Gasteiger partial charge in [0.25, 0.3) is 0 Å². The molecule has 3 heterocycles. The molecular weight excluding hydrogens is 429 g/mol. The molecule has 2 aromatic carbocycles. The molecule has 0 amide bonds. The van der Waals surface area contributed by atoms with Crippen LogP contribution >= 0.6 is 11.6 Å². The number of nitrogens with zero attached hydrogens (tertiary/aromatic N) is 4. The van der Waals surface area contributed by atoms with Gasteiger partial charge in [-0.15, -0.1) is 0 Å². The number of rotatable bonds is 4. The molecule has 0 radical (unpaired) electrons. The monoisotopic (exact) mass is 453 g/mol. The number of likely N-dealkylation sites (N-methyl/N-ethyl adjacent to an activating group) is 1. The van der Waals surface area contributed by atoms with E-state index in [2.05, 4.69) is 41.3 Å². The highest BCUT2D eigenvalue weighted by atomic mass is 35.5. The molecule has 0 fully saturated rings. The maximum atomic E-state index is 14.0. The summed E-state index contributed by atoms with van der Waals surface area (Å²) in [6, 6.07) is 9.05. The number of benzene rings is 2. The maximum absolute atomic E-state index is 14.0. The standard InChI is InChI=1S/C24H25ClFN5O/c1-14-12-31(21-10-17(26)4-5-18(14)21)23-19(25)11-27-24(29-23)28-20-8-16-13-30(2)7-6-15(16)9-22(20)32-3/h4-5,8-11,14H,6-7,12-13H2,1-3H3,(H,27,28,29). The van der Waals surface area contributed by atoms with Gasteiger partial charge in [0.2, 0.25) is 5.95 Å². The van der Waals surface area contributed by atoms with Crippen LogP contribution in [0.15, 0.2) is 36.5 Å². The van der Waals surface area contributed by atoms with Crippen molar-refractivity contribution in [3.05, 3.63) is 64.1 Å². The van der Waals surface area contributed by atoms with Crippen LogP contribution in [0.25, 0.3) is 0 Å². The van der Waals surface area contributed by atoms with Crippen LogP contribution in [-0.2, 0) is 13.0 Å². The van der Waals surface area contributed by atoms with E-state index in [9.17, 15) is 4.39 Å². The summed E-state index contributed by atoms with van der Waals surface area (Å²) in [7, 11) is 3.78. The lowest BCUT2D eigenvalue weighted by molar-refractivity contribution is 0.312. The fourth-order valence-electron chi connectivity index (χ4n) is 4.56. The molecular formula is C24H25ClFN5O. The molecule has 0 saturated heterocycles. The van der Waals surface area contributed by atoms with Gasteiger partial charge in [-0.2, -0.15) is 4.98 Å². The second-order valence-electron chi connectivity index (χ2n) is 8.51. The van der Waals surface area contributed by atoms with Crippen molar-refractivity contribution < 1.29 is 9.13 Å². The fraction of sp³-hybridized carbons (Fsp3) is 0.333. The summed E-state index contributed by atoms with van der Waals surface area (Å²) in [6.45, 7) is 4.70. The molecule has 1 N–H and O–H groups in total. The lowest BCUT2D eigenvalue weighted by Crippen LogP contribution is -2.26. The van der Waals surface area contributed by atoms with Crippen molar-refractivity contribution in [1.29, 1.82) is 0 Å². The lowest BCUT2D eigenvalue weighted by atomic mass is 9.99. The predicted octanol–water partition coefficient (Wildman–Crippen LogP) is 5.26. The first-order valence-electron chi connectivity index (χ1n) is 10.7. The summed E-state index contributed by atoms with van der Waals surface area (Å²) in [5, 5.41) is 3.72. The van der Waals surface area contributed by atoms with E-state index in [1.54, 1.807) is 13.3 Å². The molecule has 1 unspecified atom stereocenters. The molecule has 32 heavy (non-hydrogen) atoms. The predicted molar refractivity (Wildman–Crippen MR) is 125 cm³/mol. The van der Waals surface area contributed by atoms with Crippen LogP contribution in [0.1, 0.15) is 29.5 Å². The molecule has 166 valence electrons. The van der Waals surface area contributed by atoms with Gasteiger partial charge < -0.3 is 19.9 Å². The van der Waals surface area contributed by atoms with Crippen LogP contribution in [0.2, 0.25) is 5.02 Å². The van der Waals surface area contributed by atoms with Crippen LogP contribution in [0.3, 0.4) is 0 Å². The zero-order chi connectivity index (χ0) is 22.4. The number of ether oxygens (including phenoxy) is 1. The van der Waals surface area contributed by atoms with Gasteiger partial charge in [-0.3, -0.25) is 0 Å². The number of anilines is 4. The number of fused-ring (bicyclic) bond motifs is 2. The normalized spacial score (nSPS) is 17.8. The van der Waals surface area contributed by atoms with E-state index in [0.717, 1.165) is 42.2 Å². The van der Waals surface area contributed by atoms with Gasteiger partial charge in [0, 0.05) is 31.2 Å². The van der Waals surface area contributed by atoms with Crippen molar-refractivity contribution >= 4 is 34.7 Å². The third-order valence-electron chi connectivity index (χ3n) is 6.22. The van der Waals surface area contributed by atoms with E-state index in [4.69, 9.17) is 21.3 Å². The molecule has 6 nitrogen and oxygen atoms in total. The summed E-state index contributed by atoms with van der Waals surface area (Å²) in [5.74, 6) is 1.66. The van der Waals surface area contributed by atoms with Crippen molar-refractivity contribution in [2.45, 2.75) is 25.8 Å². The molecule has 0 saturated carbocycles. The van der Waals surface area contributed by atoms with Crippen molar-refractivity contribution in [2.24, 2.45) is 0 Å². The number of hydrogen-bond acceptors (Lipinski definition) is 6. The topological polar surface area (TPSA) is 53.5 Å². The molecule has 2 aliphatic rings. The first-order valence-corrected chi connectivity index (χ1v) is 11.1. The number of nitrogens with one attached hydrogen (secondary N) is 1. The Hall–Kier alpha value is -2.90. The fourth-order valence-corrected chi connectivity index (χ4v) is 4.75. The van der Waals surface area contributed by atoms with Crippen molar-refractivity contribution in [2.75, 3.05) is 37.5 Å². The molecule has 0 spiro atoms. The largest absolute Gasteiger partial charge is 0.495 e. The lowest BCUT2D eigenvalue weighted by Gasteiger charge is -2.26. The van der Waals surface area contributed by atoms with E-state index in [1.807, 2.05) is 11.0 Å². The van der Waals surface area contributed by atoms with Gasteiger partial charge in [0.1, 0.15) is 16.6 Å². The van der Waals surface area contributed by atoms with Crippen LogP contribution < -0.4 is 15.0 Å². The highest BCUT2D eigenvalue weighted by Gasteiger charge is 2.29. The first kappa shape index (κ1) is 21.0. The zero-order valence-electron chi connectivity index (χ0n) is 18.3. The Bertz CT molecular complexity index is 1190. The summed E-state index contributed by atoms with van der Waals surface area (Å²) < 4.78 is 19.6. The Kier molecular flexibility index (Phi) is 5.39. The Morgan fingerprint density at radius 1 is 1.22 bits per heavy atom. The Morgan fingerprint density at radius 3 is 2.88 bits per heavy atom. The smallest absolute Gasteiger partial charge is 0.229 e. The summed E-state index contributed by atoms with van der Waals surface area (Å²) in [4.78, 5) is 13.3. The molecule has 8 heteroatoms. The van der Waals surface area contributed by atoms with E-state index < -0.39 is 0 Å². The molecule has 5 rings (SSSR count). The van der Waals surface area contributed by atoms with Gasteiger partial charge in [-0.05, 0) is 54.4 Å². The van der Waals surface area contributed by atoms with Gasteiger partial charge in [-0.25, -0.2) is 9.37 Å². The van der Waals surface area contributed by atoms with Crippen molar-refractivity contribution in [3.8, 4) is 5.75 Å². The van der Waals surface area contributed by atoms with Crippen LogP contribution in [-0.4, -0.2) is 42.1 Å². The number of hydrogen-bond donors (Lipinski definition) is 1. The minimum atomic E-state index is -0.282. The maximum Gasteiger partial charge on any atom is 0.229 e. The van der Waals surface area contributed by atoms with Crippen LogP contribution in [0, 0.1) is 5.82 Å². The van der Waals surface area contributed by atoms with Gasteiger partial charge in [-0.1, -0.05) is 24.6 Å². The van der Waals surface area contributed by atoms with E-state index in [-0.39, 0.29) is 11.7 Å². The molecule has 1 atom stereocenters. The van der Waals surface area contributed by atoms with E-state index in [0.29, 0.717) is 23.3 Å². The number of methoxy groups -OCH3 is 1. The molecule has 0 aliphatic carbocycles. The zero-order valence-corrected chi connectivity index (χ0v) is 19.1. The quantitative estimate of drug-likeness (QED) is 0.581. The van der Waals surface area contributed by atoms with Crippen molar-refractivity contribution in [1.82, 2.24) is 14.9 Å². The summed E-state index contributed by atoms with van der Waals surface area (Å²) in [5.41, 5.74) is 5.23. The Labute approximate surface area is 192 Å². The van der Waals surface area contributed by atoms with E-state index >= 15 is 0 Å². The average Bonchev–Trinajstić information content (AvgIpc) is 3.10. The number of aromatic nitrogens is 2. The number of halogens is 2.